The van der Waals surface area contributed by atoms with Gasteiger partial charge in [-0.2, -0.15) is 0 Å². The van der Waals surface area contributed by atoms with Crippen LogP contribution in [0.25, 0.3) is 0 Å². The molecule has 5 rings (SSSR count). The second-order valence-electron chi connectivity index (χ2n) is 8.35. The molecule has 2 aliphatic heterocycles. The van der Waals surface area contributed by atoms with Crippen molar-refractivity contribution in [2.24, 2.45) is 0 Å². The average Bonchev–Trinajstić information content (AvgIpc) is 2.91. The van der Waals surface area contributed by atoms with E-state index in [9.17, 15) is 13.2 Å². The van der Waals surface area contributed by atoms with Gasteiger partial charge in [0.15, 0.2) is 11.5 Å². The number of hydrogen-bond donors (Lipinski definition) is 0. The molecule has 1 amide bonds. The Morgan fingerprint density at radius 2 is 1.69 bits per heavy atom. The van der Waals surface area contributed by atoms with Gasteiger partial charge in [-0.05, 0) is 53.9 Å². The van der Waals surface area contributed by atoms with Crippen LogP contribution in [-0.2, 0) is 27.8 Å². The minimum Gasteiger partial charge on any atom is -0.497 e. The van der Waals surface area contributed by atoms with Gasteiger partial charge >= 0.3 is 0 Å². The van der Waals surface area contributed by atoms with E-state index >= 15 is 0 Å². The summed E-state index contributed by atoms with van der Waals surface area (Å²) in [6.45, 7) is 1.41. The zero-order valence-electron chi connectivity index (χ0n) is 19.3. The maximum atomic E-state index is 13.8. The maximum Gasteiger partial charge on any atom is 0.264 e. The molecule has 2 heterocycles. The predicted octanol–water partition coefficient (Wildman–Crippen LogP) is 3.25. The van der Waals surface area contributed by atoms with Gasteiger partial charge in [0.2, 0.25) is 5.91 Å². The lowest BCUT2D eigenvalue weighted by Gasteiger charge is -2.32. The van der Waals surface area contributed by atoms with Gasteiger partial charge in [-0.15, -0.1) is 0 Å². The van der Waals surface area contributed by atoms with Crippen LogP contribution in [0.1, 0.15) is 11.1 Å². The number of amides is 1. The summed E-state index contributed by atoms with van der Waals surface area (Å²) in [6.07, 6.45) is 0.735. The van der Waals surface area contributed by atoms with E-state index in [1.807, 2.05) is 18.2 Å². The van der Waals surface area contributed by atoms with E-state index in [4.69, 9.17) is 14.2 Å². The third-order valence-electron chi connectivity index (χ3n) is 6.22. The Labute approximate surface area is 204 Å². The maximum absolute atomic E-state index is 13.8. The van der Waals surface area contributed by atoms with Gasteiger partial charge in [0.25, 0.3) is 10.0 Å². The van der Waals surface area contributed by atoms with Gasteiger partial charge in [0, 0.05) is 19.2 Å². The second kappa shape index (κ2) is 9.50. The molecule has 35 heavy (non-hydrogen) atoms. The Kier molecular flexibility index (Phi) is 6.25. The highest BCUT2D eigenvalue weighted by atomic mass is 32.2. The topological polar surface area (TPSA) is 85.4 Å². The van der Waals surface area contributed by atoms with Crippen LogP contribution in [-0.4, -0.2) is 52.6 Å². The molecule has 3 aromatic rings. The van der Waals surface area contributed by atoms with Crippen LogP contribution in [0.2, 0.25) is 0 Å². The summed E-state index contributed by atoms with van der Waals surface area (Å²) in [5, 5.41) is 0. The first kappa shape index (κ1) is 23.0. The third kappa shape index (κ3) is 4.64. The van der Waals surface area contributed by atoms with Crippen molar-refractivity contribution < 1.29 is 27.4 Å². The molecule has 0 aromatic heterocycles. The van der Waals surface area contributed by atoms with E-state index in [1.165, 1.54) is 24.8 Å². The number of benzene rings is 3. The standard InChI is InChI=1S/C26H26N2O6S/c1-32-22-8-6-21(7-9-22)28(18-26(29)27-13-12-19-4-2-3-5-20(19)17-27)35(30,31)23-10-11-24-25(16-23)34-15-14-33-24/h2-11,16H,12-15,17-18H2,1H3. The molecule has 182 valence electrons. The Morgan fingerprint density at radius 3 is 2.43 bits per heavy atom. The number of anilines is 1. The smallest absolute Gasteiger partial charge is 0.264 e. The quantitative estimate of drug-likeness (QED) is 0.523. The fourth-order valence-corrected chi connectivity index (χ4v) is 5.74. The number of ether oxygens (including phenoxy) is 3. The highest BCUT2D eigenvalue weighted by Crippen LogP contribution is 2.34. The van der Waals surface area contributed by atoms with E-state index in [-0.39, 0.29) is 17.3 Å². The number of sulfonamides is 1. The van der Waals surface area contributed by atoms with Crippen LogP contribution in [0.15, 0.2) is 71.6 Å². The molecule has 3 aromatic carbocycles. The van der Waals surface area contributed by atoms with Crippen molar-refractivity contribution in [2.45, 2.75) is 17.9 Å². The SMILES string of the molecule is COc1ccc(N(CC(=O)N2CCc3ccccc3C2)S(=O)(=O)c2ccc3c(c2)OCCO3)cc1. The number of carbonyl (C=O) groups is 1. The molecule has 0 fully saturated rings. The molecule has 0 saturated carbocycles. The minimum absolute atomic E-state index is 0.0226. The van der Waals surface area contributed by atoms with Crippen LogP contribution < -0.4 is 18.5 Å². The predicted molar refractivity (Wildman–Crippen MR) is 131 cm³/mol. The molecule has 0 unspecified atom stereocenters. The van der Waals surface area contributed by atoms with Crippen LogP contribution in [0, 0.1) is 0 Å². The van der Waals surface area contributed by atoms with Gasteiger partial charge in [0.1, 0.15) is 25.5 Å². The van der Waals surface area contributed by atoms with Gasteiger partial charge in [-0.1, -0.05) is 24.3 Å². The monoisotopic (exact) mass is 494 g/mol. The highest BCUT2D eigenvalue weighted by molar-refractivity contribution is 7.92. The van der Waals surface area contributed by atoms with E-state index in [0.29, 0.717) is 49.2 Å². The summed E-state index contributed by atoms with van der Waals surface area (Å²) in [7, 11) is -2.55. The molecule has 9 heteroatoms. The van der Waals surface area contributed by atoms with E-state index in [1.54, 1.807) is 35.2 Å². The molecule has 8 nitrogen and oxygen atoms in total. The first-order valence-corrected chi connectivity index (χ1v) is 12.8. The first-order valence-electron chi connectivity index (χ1n) is 11.4. The number of carbonyl (C=O) groups excluding carboxylic acids is 1. The van der Waals surface area contributed by atoms with Crippen molar-refractivity contribution in [1.82, 2.24) is 4.90 Å². The van der Waals surface area contributed by atoms with Crippen LogP contribution in [0.4, 0.5) is 5.69 Å². The number of fused-ring (bicyclic) bond motifs is 2. The summed E-state index contributed by atoms with van der Waals surface area (Å²) in [6, 6.07) is 19.1. The highest BCUT2D eigenvalue weighted by Gasteiger charge is 2.31. The van der Waals surface area contributed by atoms with E-state index < -0.39 is 10.0 Å². The van der Waals surface area contributed by atoms with Gasteiger partial charge in [-0.25, -0.2) is 8.42 Å². The minimum atomic E-state index is -4.09. The molecular formula is C26H26N2O6S. The van der Waals surface area contributed by atoms with Crippen molar-refractivity contribution in [2.75, 3.05) is 37.7 Å². The Hall–Kier alpha value is -3.72. The molecule has 0 spiro atoms. The largest absolute Gasteiger partial charge is 0.497 e. The van der Waals surface area contributed by atoms with Gasteiger partial charge in [-0.3, -0.25) is 9.10 Å². The number of methoxy groups -OCH3 is 1. The Bertz CT molecular complexity index is 1340. The summed E-state index contributed by atoms with van der Waals surface area (Å²) in [5.41, 5.74) is 2.66. The van der Waals surface area contributed by atoms with Gasteiger partial charge < -0.3 is 19.1 Å². The fraction of sp³-hybridized carbons (Fsp3) is 0.269. The number of hydrogen-bond acceptors (Lipinski definition) is 6. The second-order valence-corrected chi connectivity index (χ2v) is 10.2. The van der Waals surface area contributed by atoms with Crippen LogP contribution in [0.3, 0.4) is 0 Å². The summed E-state index contributed by atoms with van der Waals surface area (Å²) in [5.74, 6) is 1.18. The average molecular weight is 495 g/mol. The Balaban J connectivity index is 1.46. The zero-order valence-corrected chi connectivity index (χ0v) is 20.2. The molecule has 0 radical (unpaired) electrons. The van der Waals surface area contributed by atoms with Crippen molar-refractivity contribution in [3.63, 3.8) is 0 Å². The van der Waals surface area contributed by atoms with Crippen molar-refractivity contribution in [3.05, 3.63) is 77.9 Å². The summed E-state index contributed by atoms with van der Waals surface area (Å²) in [4.78, 5) is 15.1. The lowest BCUT2D eigenvalue weighted by molar-refractivity contribution is -0.130. The van der Waals surface area contributed by atoms with Crippen molar-refractivity contribution >= 4 is 21.6 Å². The molecule has 2 aliphatic rings. The normalized spacial score (nSPS) is 14.7. The van der Waals surface area contributed by atoms with E-state index in [0.717, 1.165) is 16.3 Å². The van der Waals surface area contributed by atoms with Crippen LogP contribution >= 0.6 is 0 Å². The third-order valence-corrected chi connectivity index (χ3v) is 7.99. The zero-order chi connectivity index (χ0) is 24.4. The molecule has 0 atom stereocenters. The summed E-state index contributed by atoms with van der Waals surface area (Å²) < 4.78 is 45.1. The Morgan fingerprint density at radius 1 is 0.971 bits per heavy atom. The first-order chi connectivity index (χ1) is 17.0. The molecule has 0 N–H and O–H groups in total. The van der Waals surface area contributed by atoms with E-state index in [2.05, 4.69) is 6.07 Å². The molecule has 0 bridgehead atoms. The van der Waals surface area contributed by atoms with Crippen molar-refractivity contribution in [1.29, 1.82) is 0 Å². The van der Waals surface area contributed by atoms with Crippen LogP contribution in [0.5, 0.6) is 17.2 Å². The molecule has 0 saturated heterocycles. The molecular weight excluding hydrogens is 468 g/mol. The number of rotatable bonds is 6. The summed E-state index contributed by atoms with van der Waals surface area (Å²) >= 11 is 0. The van der Waals surface area contributed by atoms with Crippen molar-refractivity contribution in [3.8, 4) is 17.2 Å². The van der Waals surface area contributed by atoms with Gasteiger partial charge in [0.05, 0.1) is 17.7 Å². The molecule has 0 aliphatic carbocycles. The number of nitrogens with zero attached hydrogens (tertiary/aromatic N) is 2. The lowest BCUT2D eigenvalue weighted by atomic mass is 10.00. The lowest BCUT2D eigenvalue weighted by Crippen LogP contribution is -2.44. The fourth-order valence-electron chi connectivity index (χ4n) is 4.31.